The minimum absolute atomic E-state index is 0.00557. The quantitative estimate of drug-likeness (QED) is 0.351. The number of nitrogens with one attached hydrogen (secondary N) is 2. The summed E-state index contributed by atoms with van der Waals surface area (Å²) >= 11 is 5.75. The zero-order valence-electron chi connectivity index (χ0n) is 17.3. The summed E-state index contributed by atoms with van der Waals surface area (Å²) in [4.78, 5) is 15.3. The van der Waals surface area contributed by atoms with Gasteiger partial charge in [-0.1, -0.05) is 31.1 Å². The molecule has 0 spiro atoms. The van der Waals surface area contributed by atoms with Gasteiger partial charge in [-0.2, -0.15) is 0 Å². The van der Waals surface area contributed by atoms with E-state index in [1.54, 1.807) is 6.20 Å². The monoisotopic (exact) mass is 462 g/mol. The lowest BCUT2D eigenvalue weighted by molar-refractivity contribution is -0.384. The summed E-state index contributed by atoms with van der Waals surface area (Å²) < 4.78 is 27.9. The first-order valence-electron chi connectivity index (χ1n) is 10.2. The number of sulfonamides is 1. The number of nitrogens with zero attached hydrogens (tertiary/aromatic N) is 2. The van der Waals surface area contributed by atoms with Crippen LogP contribution in [0.5, 0.6) is 0 Å². The molecule has 0 bridgehead atoms. The standard InChI is InChI=1S/C21H26N4O4S2/c1-22-20(30)21(17-6-4-13-23-15-17)12-3-2-5-16(21)11-14-24-31(28,29)19-9-7-18(8-10-19)25(26)27/h4,6-10,13,15-16,24H,2-3,5,11-12,14H2,1H3,(H,22,30)/t16-,21+/m1/s1. The molecular weight excluding hydrogens is 436 g/mol. The van der Waals surface area contributed by atoms with E-state index in [4.69, 9.17) is 12.2 Å². The second-order valence-electron chi connectivity index (χ2n) is 7.67. The normalized spacial score (nSPS) is 21.4. The van der Waals surface area contributed by atoms with E-state index in [-0.39, 0.29) is 28.5 Å². The van der Waals surface area contributed by atoms with E-state index in [1.807, 2.05) is 25.4 Å². The zero-order valence-corrected chi connectivity index (χ0v) is 18.9. The Hall–Kier alpha value is -2.43. The van der Waals surface area contributed by atoms with E-state index in [0.717, 1.165) is 36.2 Å². The first-order valence-corrected chi connectivity index (χ1v) is 12.1. The Morgan fingerprint density at radius 3 is 2.65 bits per heavy atom. The Kier molecular flexibility index (Phi) is 7.34. The SMILES string of the molecule is CNC(=S)[C@@]1(c2cccnc2)CCCC[C@@H]1CCNS(=O)(=O)c1ccc([N+](=O)[O-])cc1. The van der Waals surface area contributed by atoms with E-state index in [9.17, 15) is 18.5 Å². The molecule has 2 atom stereocenters. The molecular formula is C21H26N4O4S2. The summed E-state index contributed by atoms with van der Waals surface area (Å²) in [6.07, 6.45) is 8.13. The van der Waals surface area contributed by atoms with Crippen LogP contribution in [0.3, 0.4) is 0 Å². The van der Waals surface area contributed by atoms with Gasteiger partial charge in [-0.15, -0.1) is 0 Å². The van der Waals surface area contributed by atoms with Gasteiger partial charge in [0.15, 0.2) is 0 Å². The molecule has 31 heavy (non-hydrogen) atoms. The van der Waals surface area contributed by atoms with E-state index >= 15 is 0 Å². The lowest BCUT2D eigenvalue weighted by Crippen LogP contribution is -2.50. The number of hydrogen-bond acceptors (Lipinski definition) is 6. The van der Waals surface area contributed by atoms with Crippen LogP contribution in [0.4, 0.5) is 5.69 Å². The van der Waals surface area contributed by atoms with Gasteiger partial charge in [0.05, 0.1) is 14.8 Å². The maximum Gasteiger partial charge on any atom is 0.269 e. The number of pyridine rings is 1. The van der Waals surface area contributed by atoms with Crippen molar-refractivity contribution in [2.75, 3.05) is 13.6 Å². The summed E-state index contributed by atoms with van der Waals surface area (Å²) in [5.41, 5.74) is 0.523. The van der Waals surface area contributed by atoms with Crippen molar-refractivity contribution >= 4 is 32.9 Å². The fraction of sp³-hybridized carbons (Fsp3) is 0.429. The molecule has 1 aromatic carbocycles. The third-order valence-electron chi connectivity index (χ3n) is 6.02. The summed E-state index contributed by atoms with van der Waals surface area (Å²) in [5.74, 6) is 0.157. The molecule has 0 amide bonds. The fourth-order valence-electron chi connectivity index (χ4n) is 4.49. The van der Waals surface area contributed by atoms with Crippen molar-refractivity contribution < 1.29 is 13.3 Å². The molecule has 0 radical (unpaired) electrons. The number of nitro benzene ring substituents is 1. The van der Waals surface area contributed by atoms with Crippen molar-refractivity contribution in [3.63, 3.8) is 0 Å². The fourth-order valence-corrected chi connectivity index (χ4v) is 5.93. The van der Waals surface area contributed by atoms with Crippen LogP contribution in [-0.4, -0.2) is 36.9 Å². The van der Waals surface area contributed by atoms with Gasteiger partial charge < -0.3 is 5.32 Å². The molecule has 166 valence electrons. The van der Waals surface area contributed by atoms with Crippen LogP contribution in [-0.2, 0) is 15.4 Å². The van der Waals surface area contributed by atoms with Gasteiger partial charge in [0.25, 0.3) is 5.69 Å². The Morgan fingerprint density at radius 2 is 2.03 bits per heavy atom. The molecule has 1 aliphatic rings. The molecule has 10 heteroatoms. The second kappa shape index (κ2) is 9.80. The molecule has 0 aliphatic heterocycles. The van der Waals surface area contributed by atoms with Crippen molar-refractivity contribution in [3.8, 4) is 0 Å². The van der Waals surface area contributed by atoms with E-state index in [0.29, 0.717) is 6.42 Å². The molecule has 0 unspecified atom stereocenters. The van der Waals surface area contributed by atoms with Crippen molar-refractivity contribution in [1.82, 2.24) is 15.0 Å². The number of non-ortho nitro benzene ring substituents is 1. The van der Waals surface area contributed by atoms with Crippen LogP contribution >= 0.6 is 12.2 Å². The van der Waals surface area contributed by atoms with Gasteiger partial charge in [0.1, 0.15) is 0 Å². The van der Waals surface area contributed by atoms with Crippen LogP contribution in [0.25, 0.3) is 0 Å². The number of thiocarbonyl (C=S) groups is 1. The maximum absolute atomic E-state index is 12.6. The van der Waals surface area contributed by atoms with Crippen molar-refractivity contribution in [3.05, 3.63) is 64.5 Å². The van der Waals surface area contributed by atoms with Gasteiger partial charge >= 0.3 is 0 Å². The molecule has 2 aromatic rings. The highest BCUT2D eigenvalue weighted by Crippen LogP contribution is 2.46. The predicted molar refractivity (Wildman–Crippen MR) is 122 cm³/mol. The zero-order chi connectivity index (χ0) is 22.5. The molecule has 0 saturated heterocycles. The molecule has 3 rings (SSSR count). The summed E-state index contributed by atoms with van der Waals surface area (Å²) in [6.45, 7) is 0.248. The Morgan fingerprint density at radius 1 is 1.29 bits per heavy atom. The highest BCUT2D eigenvalue weighted by Gasteiger charge is 2.45. The van der Waals surface area contributed by atoms with Gasteiger partial charge in [-0.3, -0.25) is 15.1 Å². The third-order valence-corrected chi connectivity index (χ3v) is 8.07. The Bertz CT molecular complexity index is 1030. The number of aromatic nitrogens is 1. The minimum Gasteiger partial charge on any atom is -0.382 e. The van der Waals surface area contributed by atoms with Gasteiger partial charge in [-0.05, 0) is 48.9 Å². The van der Waals surface area contributed by atoms with Crippen LogP contribution < -0.4 is 10.0 Å². The number of nitro groups is 1. The highest BCUT2D eigenvalue weighted by molar-refractivity contribution is 7.89. The molecule has 1 aromatic heterocycles. The average molecular weight is 463 g/mol. The first-order chi connectivity index (χ1) is 14.8. The lowest BCUT2D eigenvalue weighted by atomic mass is 9.61. The smallest absolute Gasteiger partial charge is 0.269 e. The number of likely N-dealkylation sites (N-methyl/N-ethyl adjacent to an activating group) is 1. The third kappa shape index (κ3) is 4.91. The predicted octanol–water partition coefficient (Wildman–Crippen LogP) is 3.33. The van der Waals surface area contributed by atoms with Crippen molar-refractivity contribution in [1.29, 1.82) is 0 Å². The Labute approximate surface area is 187 Å². The number of rotatable bonds is 8. The molecule has 8 nitrogen and oxygen atoms in total. The van der Waals surface area contributed by atoms with Crippen LogP contribution in [0.2, 0.25) is 0 Å². The first kappa shape index (κ1) is 23.2. The molecule has 2 N–H and O–H groups in total. The summed E-state index contributed by atoms with van der Waals surface area (Å²) in [5, 5.41) is 13.9. The number of benzene rings is 1. The molecule has 1 aliphatic carbocycles. The highest BCUT2D eigenvalue weighted by atomic mass is 32.2. The number of hydrogen-bond donors (Lipinski definition) is 2. The molecule has 1 saturated carbocycles. The van der Waals surface area contributed by atoms with Gasteiger partial charge in [0, 0.05) is 43.5 Å². The molecule has 1 heterocycles. The van der Waals surface area contributed by atoms with Gasteiger partial charge in [0.2, 0.25) is 10.0 Å². The van der Waals surface area contributed by atoms with Crippen LogP contribution in [0.1, 0.15) is 37.7 Å². The molecule has 1 fully saturated rings. The Balaban J connectivity index is 1.77. The average Bonchev–Trinajstić information content (AvgIpc) is 2.79. The lowest BCUT2D eigenvalue weighted by Gasteiger charge is -2.45. The van der Waals surface area contributed by atoms with E-state index in [2.05, 4.69) is 15.0 Å². The van der Waals surface area contributed by atoms with Crippen molar-refractivity contribution in [2.45, 2.75) is 42.4 Å². The maximum atomic E-state index is 12.6. The minimum atomic E-state index is -3.76. The van der Waals surface area contributed by atoms with Gasteiger partial charge in [-0.25, -0.2) is 13.1 Å². The van der Waals surface area contributed by atoms with E-state index < -0.39 is 14.9 Å². The topological polar surface area (TPSA) is 114 Å². The largest absolute Gasteiger partial charge is 0.382 e. The van der Waals surface area contributed by atoms with Crippen LogP contribution in [0.15, 0.2) is 53.7 Å². The van der Waals surface area contributed by atoms with Crippen LogP contribution in [0, 0.1) is 16.0 Å². The summed E-state index contributed by atoms with van der Waals surface area (Å²) in [6, 6.07) is 8.81. The van der Waals surface area contributed by atoms with E-state index in [1.165, 1.54) is 24.3 Å². The van der Waals surface area contributed by atoms with Crippen molar-refractivity contribution in [2.24, 2.45) is 5.92 Å². The summed E-state index contributed by atoms with van der Waals surface area (Å²) in [7, 11) is -1.94. The second-order valence-corrected chi connectivity index (χ2v) is 9.85.